The van der Waals surface area contributed by atoms with Crippen molar-refractivity contribution in [2.45, 2.75) is 39.0 Å². The molecule has 0 unspecified atom stereocenters. The summed E-state index contributed by atoms with van der Waals surface area (Å²) in [6.07, 6.45) is 5.31. The lowest BCUT2D eigenvalue weighted by atomic mass is 10.1. The first kappa shape index (κ1) is 16.5. The van der Waals surface area contributed by atoms with Crippen LogP contribution in [0.25, 0.3) is 10.9 Å². The molecule has 1 saturated carbocycles. The summed E-state index contributed by atoms with van der Waals surface area (Å²) in [6.45, 7) is 3.30. The Balaban J connectivity index is 1.34. The van der Waals surface area contributed by atoms with Crippen LogP contribution >= 0.6 is 0 Å². The molecule has 1 fully saturated rings. The van der Waals surface area contributed by atoms with Crippen molar-refractivity contribution in [3.05, 3.63) is 47.4 Å². The zero-order valence-corrected chi connectivity index (χ0v) is 15.2. The Labute approximate surface area is 157 Å². The quantitative estimate of drug-likeness (QED) is 0.754. The molecule has 27 heavy (non-hydrogen) atoms. The molecule has 7 heteroatoms. The van der Waals surface area contributed by atoms with Gasteiger partial charge in [-0.2, -0.15) is 0 Å². The molecule has 5 rings (SSSR count). The van der Waals surface area contributed by atoms with Gasteiger partial charge in [0.05, 0.1) is 18.8 Å². The van der Waals surface area contributed by atoms with Crippen molar-refractivity contribution in [2.24, 2.45) is 5.92 Å². The molecule has 0 atom stereocenters. The number of aromatic nitrogens is 4. The van der Waals surface area contributed by atoms with Crippen LogP contribution in [0.15, 0.2) is 30.5 Å². The van der Waals surface area contributed by atoms with Gasteiger partial charge in [-0.1, -0.05) is 5.21 Å². The predicted molar refractivity (Wildman–Crippen MR) is 100 cm³/mol. The Kier molecular flexibility index (Phi) is 4.16. The average molecular weight is 365 g/mol. The molecule has 2 aromatic heterocycles. The number of nitrogens with zero attached hydrogens (tertiary/aromatic N) is 4. The zero-order valence-electron chi connectivity index (χ0n) is 15.2. The number of amides is 1. The number of hydrogen-bond acceptors (Lipinski definition) is 4. The number of H-pyrrole nitrogens is 1. The van der Waals surface area contributed by atoms with Crippen molar-refractivity contribution in [3.63, 3.8) is 0 Å². The van der Waals surface area contributed by atoms with Crippen LogP contribution in [0.1, 0.15) is 41.0 Å². The van der Waals surface area contributed by atoms with E-state index < -0.39 is 0 Å². The van der Waals surface area contributed by atoms with Crippen molar-refractivity contribution in [1.82, 2.24) is 24.9 Å². The second kappa shape index (κ2) is 6.81. The molecular weight excluding hydrogens is 342 g/mol. The number of benzene rings is 1. The second-order valence-electron chi connectivity index (χ2n) is 7.52. The van der Waals surface area contributed by atoms with E-state index in [1.807, 2.05) is 40.0 Å². The van der Waals surface area contributed by atoms with Gasteiger partial charge in [0, 0.05) is 42.4 Å². The summed E-state index contributed by atoms with van der Waals surface area (Å²) in [4.78, 5) is 18.2. The van der Waals surface area contributed by atoms with Gasteiger partial charge in [-0.25, -0.2) is 4.68 Å². The smallest absolute Gasteiger partial charge is 0.254 e. The van der Waals surface area contributed by atoms with Gasteiger partial charge in [0.25, 0.3) is 5.91 Å². The summed E-state index contributed by atoms with van der Waals surface area (Å²) < 4.78 is 7.73. The SMILES string of the molecule is O=C(c1ccc2[nH]ccc2c1)N1CCCn2nnc(COCC3CC3)c2C1. The van der Waals surface area contributed by atoms with Gasteiger partial charge in [0.15, 0.2) is 0 Å². The summed E-state index contributed by atoms with van der Waals surface area (Å²) in [5.74, 6) is 0.776. The highest BCUT2D eigenvalue weighted by molar-refractivity contribution is 5.98. The Morgan fingerprint density at radius 2 is 2.19 bits per heavy atom. The minimum absolute atomic E-state index is 0.0533. The lowest BCUT2D eigenvalue weighted by Gasteiger charge is -2.20. The van der Waals surface area contributed by atoms with Crippen LogP contribution in [-0.4, -0.2) is 43.9 Å². The van der Waals surface area contributed by atoms with E-state index in [4.69, 9.17) is 4.74 Å². The van der Waals surface area contributed by atoms with Gasteiger partial charge >= 0.3 is 0 Å². The molecule has 1 N–H and O–H groups in total. The molecule has 0 spiro atoms. The Morgan fingerprint density at radius 1 is 1.26 bits per heavy atom. The first-order valence-corrected chi connectivity index (χ1v) is 9.63. The van der Waals surface area contributed by atoms with E-state index >= 15 is 0 Å². The van der Waals surface area contributed by atoms with E-state index in [0.717, 1.165) is 59.9 Å². The van der Waals surface area contributed by atoms with Crippen LogP contribution in [0, 0.1) is 5.92 Å². The lowest BCUT2D eigenvalue weighted by molar-refractivity contribution is 0.0741. The Hall–Kier alpha value is -2.67. The molecule has 1 aliphatic carbocycles. The van der Waals surface area contributed by atoms with Gasteiger partial charge in [-0.3, -0.25) is 4.79 Å². The average Bonchev–Trinajstić information content (AvgIpc) is 3.33. The van der Waals surface area contributed by atoms with E-state index in [1.165, 1.54) is 12.8 Å². The zero-order chi connectivity index (χ0) is 18.2. The monoisotopic (exact) mass is 365 g/mol. The molecule has 3 heterocycles. The van der Waals surface area contributed by atoms with E-state index in [1.54, 1.807) is 0 Å². The van der Waals surface area contributed by atoms with E-state index in [2.05, 4.69) is 15.3 Å². The Morgan fingerprint density at radius 3 is 3.07 bits per heavy atom. The second-order valence-corrected chi connectivity index (χ2v) is 7.52. The van der Waals surface area contributed by atoms with Gasteiger partial charge in [0.1, 0.15) is 5.69 Å². The summed E-state index contributed by atoms with van der Waals surface area (Å²) in [5, 5.41) is 9.63. The van der Waals surface area contributed by atoms with Crippen LogP contribution in [0.3, 0.4) is 0 Å². The summed E-state index contributed by atoms with van der Waals surface area (Å²) >= 11 is 0. The predicted octanol–water partition coefficient (Wildman–Crippen LogP) is 2.73. The molecule has 1 amide bonds. The van der Waals surface area contributed by atoms with E-state index in [-0.39, 0.29) is 5.91 Å². The number of hydrogen-bond donors (Lipinski definition) is 1. The van der Waals surface area contributed by atoms with Crippen LogP contribution < -0.4 is 0 Å². The standard InChI is InChI=1S/C20H23N5O2/c26-20(16-4-5-17-15(10-16)6-7-21-17)24-8-1-9-25-19(11-24)18(22-23-25)13-27-12-14-2-3-14/h4-7,10,14,21H,1-3,8-9,11-13H2. The molecule has 0 radical (unpaired) electrons. The largest absolute Gasteiger partial charge is 0.375 e. The summed E-state index contributed by atoms with van der Waals surface area (Å²) in [6, 6.07) is 7.79. The maximum absolute atomic E-state index is 13.1. The molecule has 0 saturated heterocycles. The molecule has 0 bridgehead atoms. The fourth-order valence-electron chi connectivity index (χ4n) is 3.65. The van der Waals surface area contributed by atoms with Crippen molar-refractivity contribution in [1.29, 1.82) is 0 Å². The minimum atomic E-state index is 0.0533. The van der Waals surface area contributed by atoms with Crippen molar-refractivity contribution < 1.29 is 9.53 Å². The van der Waals surface area contributed by atoms with Crippen LogP contribution in [0.4, 0.5) is 0 Å². The molecule has 140 valence electrons. The fraction of sp³-hybridized carbons (Fsp3) is 0.450. The molecule has 1 aliphatic heterocycles. The van der Waals surface area contributed by atoms with Crippen LogP contribution in [0.5, 0.6) is 0 Å². The number of aryl methyl sites for hydroxylation is 1. The number of ether oxygens (including phenoxy) is 1. The molecule has 3 aromatic rings. The van der Waals surface area contributed by atoms with Gasteiger partial charge in [0.2, 0.25) is 0 Å². The fourth-order valence-corrected chi connectivity index (χ4v) is 3.65. The van der Waals surface area contributed by atoms with Crippen LogP contribution in [-0.2, 0) is 24.4 Å². The topological polar surface area (TPSA) is 76.0 Å². The maximum atomic E-state index is 13.1. The number of nitrogens with one attached hydrogen (secondary N) is 1. The normalized spacial score (nSPS) is 17.1. The molecule has 1 aromatic carbocycles. The van der Waals surface area contributed by atoms with Crippen LogP contribution in [0.2, 0.25) is 0 Å². The van der Waals surface area contributed by atoms with Crippen molar-refractivity contribution in [2.75, 3.05) is 13.2 Å². The number of rotatable bonds is 5. The van der Waals surface area contributed by atoms with Gasteiger partial charge in [-0.05, 0) is 49.4 Å². The molecule has 7 nitrogen and oxygen atoms in total. The Bertz CT molecular complexity index is 972. The highest BCUT2D eigenvalue weighted by atomic mass is 16.5. The van der Waals surface area contributed by atoms with Gasteiger partial charge < -0.3 is 14.6 Å². The number of carbonyl (C=O) groups is 1. The molecule has 2 aliphatic rings. The van der Waals surface area contributed by atoms with Crippen molar-refractivity contribution >= 4 is 16.8 Å². The third-order valence-electron chi connectivity index (χ3n) is 5.43. The first-order valence-electron chi connectivity index (χ1n) is 9.63. The summed E-state index contributed by atoms with van der Waals surface area (Å²) in [5.41, 5.74) is 3.62. The molecular formula is C20H23N5O2. The highest BCUT2D eigenvalue weighted by Crippen LogP contribution is 2.29. The van der Waals surface area contributed by atoms with Crippen molar-refractivity contribution in [3.8, 4) is 0 Å². The third kappa shape index (κ3) is 3.35. The number of carbonyl (C=O) groups excluding carboxylic acids is 1. The number of fused-ring (bicyclic) bond motifs is 2. The van der Waals surface area contributed by atoms with E-state index in [9.17, 15) is 4.79 Å². The lowest BCUT2D eigenvalue weighted by Crippen LogP contribution is -2.31. The minimum Gasteiger partial charge on any atom is -0.375 e. The third-order valence-corrected chi connectivity index (χ3v) is 5.43. The maximum Gasteiger partial charge on any atom is 0.254 e. The summed E-state index contributed by atoms with van der Waals surface area (Å²) in [7, 11) is 0. The van der Waals surface area contributed by atoms with Gasteiger partial charge in [-0.15, -0.1) is 5.10 Å². The first-order chi connectivity index (χ1) is 13.3. The number of aromatic amines is 1. The highest BCUT2D eigenvalue weighted by Gasteiger charge is 2.25. The van der Waals surface area contributed by atoms with E-state index in [0.29, 0.717) is 13.2 Å².